The van der Waals surface area contributed by atoms with Gasteiger partial charge in [-0.05, 0) is 6.92 Å². The predicted molar refractivity (Wildman–Crippen MR) is 50.6 cm³/mol. The van der Waals surface area contributed by atoms with Crippen LogP contribution in [-0.4, -0.2) is 48.9 Å². The lowest BCUT2D eigenvalue weighted by Crippen LogP contribution is -2.38. The van der Waals surface area contributed by atoms with Crippen molar-refractivity contribution in [3.8, 4) is 0 Å². The monoisotopic (exact) mass is 220 g/mol. The molecule has 0 aromatic heterocycles. The van der Waals surface area contributed by atoms with Crippen LogP contribution in [0.2, 0.25) is 0 Å². The highest BCUT2D eigenvalue weighted by atomic mass is 16.6. The lowest BCUT2D eigenvalue weighted by atomic mass is 10.3. The molecule has 5 N–H and O–H groups in total. The van der Waals surface area contributed by atoms with Crippen LogP contribution in [0.25, 0.3) is 0 Å². The highest BCUT2D eigenvalue weighted by molar-refractivity contribution is 5.75. The Balaban J connectivity index is 3.78. The first kappa shape index (κ1) is 13.8. The average Bonchev–Trinajstić information content (AvgIpc) is 2.24. The number of hydrogen-bond acceptors (Lipinski definition) is 7. The Bertz CT molecular complexity index is 221. The largest absolute Gasteiger partial charge is 0.461 e. The second-order valence-electron chi connectivity index (χ2n) is 2.92. The van der Waals surface area contributed by atoms with Crippen molar-refractivity contribution in [1.82, 2.24) is 0 Å². The van der Waals surface area contributed by atoms with Gasteiger partial charge in [-0.1, -0.05) is 0 Å². The van der Waals surface area contributed by atoms with Crippen molar-refractivity contribution in [2.75, 3.05) is 19.8 Å². The minimum Gasteiger partial charge on any atom is -0.461 e. The minimum atomic E-state index is -1.07. The summed E-state index contributed by atoms with van der Waals surface area (Å²) in [5, 5.41) is 8.55. The molecule has 0 amide bonds. The predicted octanol–water partition coefficient (Wildman–Crippen LogP) is -2.26. The SMILES string of the molecule is CC(COC(=O)CN)OC(=O)[C@@H](N)CO. The van der Waals surface area contributed by atoms with E-state index in [0.29, 0.717) is 0 Å². The topological polar surface area (TPSA) is 125 Å². The number of rotatable bonds is 6. The molecule has 0 aliphatic carbocycles. The molecule has 0 rings (SSSR count). The van der Waals surface area contributed by atoms with E-state index in [1.165, 1.54) is 6.92 Å². The van der Waals surface area contributed by atoms with Crippen LogP contribution in [-0.2, 0) is 19.1 Å². The molecule has 0 aromatic rings. The summed E-state index contributed by atoms with van der Waals surface area (Å²) < 4.78 is 9.38. The third-order valence-corrected chi connectivity index (χ3v) is 1.46. The molecule has 0 aliphatic rings. The van der Waals surface area contributed by atoms with Crippen LogP contribution in [0.4, 0.5) is 0 Å². The highest BCUT2D eigenvalue weighted by Gasteiger charge is 2.17. The summed E-state index contributed by atoms with van der Waals surface area (Å²) >= 11 is 0. The summed E-state index contributed by atoms with van der Waals surface area (Å²) in [7, 11) is 0. The highest BCUT2D eigenvalue weighted by Crippen LogP contribution is 1.95. The normalized spacial score (nSPS) is 14.1. The first-order chi connectivity index (χ1) is 7.01. The molecule has 15 heavy (non-hydrogen) atoms. The molecule has 0 heterocycles. The Hall–Kier alpha value is -1.18. The lowest BCUT2D eigenvalue weighted by Gasteiger charge is -2.15. The van der Waals surface area contributed by atoms with Crippen LogP contribution in [0, 0.1) is 0 Å². The van der Waals surface area contributed by atoms with Gasteiger partial charge < -0.3 is 26.0 Å². The van der Waals surface area contributed by atoms with Crippen molar-refractivity contribution >= 4 is 11.9 Å². The van der Waals surface area contributed by atoms with Crippen LogP contribution in [0.3, 0.4) is 0 Å². The molecule has 1 unspecified atom stereocenters. The molecule has 88 valence electrons. The summed E-state index contributed by atoms with van der Waals surface area (Å²) in [6.45, 7) is 0.733. The fraction of sp³-hybridized carbons (Fsp3) is 0.750. The Kier molecular flexibility index (Phi) is 6.59. The zero-order chi connectivity index (χ0) is 11.8. The molecular formula is C8H16N2O5. The van der Waals surface area contributed by atoms with Gasteiger partial charge in [-0.25, -0.2) is 0 Å². The van der Waals surface area contributed by atoms with Crippen molar-refractivity contribution in [2.45, 2.75) is 19.1 Å². The van der Waals surface area contributed by atoms with Crippen LogP contribution in [0.5, 0.6) is 0 Å². The summed E-state index contributed by atoms with van der Waals surface area (Å²) in [5.41, 5.74) is 10.2. The number of nitrogens with two attached hydrogens (primary N) is 2. The Morgan fingerprint density at radius 3 is 2.53 bits per heavy atom. The molecule has 0 fully saturated rings. The maximum Gasteiger partial charge on any atom is 0.325 e. The van der Waals surface area contributed by atoms with E-state index in [-0.39, 0.29) is 13.2 Å². The van der Waals surface area contributed by atoms with Gasteiger partial charge in [0.15, 0.2) is 0 Å². The van der Waals surface area contributed by atoms with Gasteiger partial charge in [0.2, 0.25) is 0 Å². The van der Waals surface area contributed by atoms with Gasteiger partial charge in [-0.15, -0.1) is 0 Å². The van der Waals surface area contributed by atoms with Gasteiger partial charge in [0.25, 0.3) is 0 Å². The molecule has 0 saturated heterocycles. The quantitative estimate of drug-likeness (QED) is 0.431. The molecule has 0 radical (unpaired) electrons. The van der Waals surface area contributed by atoms with Crippen LogP contribution < -0.4 is 11.5 Å². The molecular weight excluding hydrogens is 204 g/mol. The van der Waals surface area contributed by atoms with Gasteiger partial charge >= 0.3 is 11.9 Å². The maximum absolute atomic E-state index is 11.0. The smallest absolute Gasteiger partial charge is 0.325 e. The van der Waals surface area contributed by atoms with Gasteiger partial charge in [-0.2, -0.15) is 0 Å². The number of carbonyl (C=O) groups excluding carboxylic acids is 2. The molecule has 2 atom stereocenters. The van der Waals surface area contributed by atoms with E-state index >= 15 is 0 Å². The number of aliphatic hydroxyl groups is 1. The Labute approximate surface area is 87.3 Å². The van der Waals surface area contributed by atoms with Crippen LogP contribution in [0.1, 0.15) is 6.92 Å². The summed E-state index contributed by atoms with van der Waals surface area (Å²) in [6, 6.07) is -1.07. The molecule has 0 aromatic carbocycles. The number of aliphatic hydroxyl groups excluding tert-OH is 1. The van der Waals surface area contributed by atoms with E-state index in [0.717, 1.165) is 0 Å². The first-order valence-corrected chi connectivity index (χ1v) is 4.43. The fourth-order valence-corrected chi connectivity index (χ4v) is 0.663. The average molecular weight is 220 g/mol. The molecule has 0 aliphatic heterocycles. The van der Waals surface area contributed by atoms with E-state index < -0.39 is 30.7 Å². The van der Waals surface area contributed by atoms with Crippen molar-refractivity contribution in [3.63, 3.8) is 0 Å². The van der Waals surface area contributed by atoms with Crippen LogP contribution >= 0.6 is 0 Å². The number of hydrogen-bond donors (Lipinski definition) is 3. The summed E-state index contributed by atoms with van der Waals surface area (Å²) in [4.78, 5) is 21.7. The van der Waals surface area contributed by atoms with Crippen molar-refractivity contribution in [2.24, 2.45) is 11.5 Å². The molecule has 0 bridgehead atoms. The number of esters is 2. The van der Waals surface area contributed by atoms with E-state index in [1.54, 1.807) is 0 Å². The number of ether oxygens (including phenoxy) is 2. The first-order valence-electron chi connectivity index (χ1n) is 4.43. The standard InChI is InChI=1S/C8H16N2O5/c1-5(4-14-7(12)2-9)15-8(13)6(10)3-11/h5-6,11H,2-4,9-10H2,1H3/t5?,6-/m0/s1. The summed E-state index contributed by atoms with van der Waals surface area (Å²) in [5.74, 6) is -1.32. The fourth-order valence-electron chi connectivity index (χ4n) is 0.663. The van der Waals surface area contributed by atoms with Gasteiger partial charge in [0.05, 0.1) is 13.2 Å². The van der Waals surface area contributed by atoms with Crippen molar-refractivity contribution in [1.29, 1.82) is 0 Å². The van der Waals surface area contributed by atoms with Crippen molar-refractivity contribution < 1.29 is 24.2 Å². The van der Waals surface area contributed by atoms with Gasteiger partial charge in [0.1, 0.15) is 18.8 Å². The molecule has 7 heteroatoms. The Morgan fingerprint density at radius 2 is 2.07 bits per heavy atom. The minimum absolute atomic E-state index is 0.0834. The zero-order valence-corrected chi connectivity index (χ0v) is 8.51. The summed E-state index contributed by atoms with van der Waals surface area (Å²) in [6.07, 6.45) is -0.620. The van der Waals surface area contributed by atoms with E-state index in [9.17, 15) is 9.59 Å². The van der Waals surface area contributed by atoms with Crippen molar-refractivity contribution in [3.05, 3.63) is 0 Å². The van der Waals surface area contributed by atoms with Gasteiger partial charge in [0, 0.05) is 0 Å². The molecule has 0 spiro atoms. The second kappa shape index (κ2) is 7.16. The third kappa shape index (κ3) is 6.00. The van der Waals surface area contributed by atoms with E-state index in [4.69, 9.17) is 21.3 Å². The van der Waals surface area contributed by atoms with E-state index in [1.807, 2.05) is 0 Å². The third-order valence-electron chi connectivity index (χ3n) is 1.46. The number of carbonyl (C=O) groups is 2. The molecule has 0 saturated carbocycles. The zero-order valence-electron chi connectivity index (χ0n) is 8.51. The van der Waals surface area contributed by atoms with E-state index in [2.05, 4.69) is 4.74 Å². The lowest BCUT2D eigenvalue weighted by molar-refractivity contribution is -0.158. The van der Waals surface area contributed by atoms with Crippen LogP contribution in [0.15, 0.2) is 0 Å². The Morgan fingerprint density at radius 1 is 1.47 bits per heavy atom. The maximum atomic E-state index is 11.0. The second-order valence-corrected chi connectivity index (χ2v) is 2.92. The molecule has 7 nitrogen and oxygen atoms in total. The van der Waals surface area contributed by atoms with Gasteiger partial charge in [-0.3, -0.25) is 9.59 Å².